The monoisotopic (exact) mass is 204 g/mol. The van der Waals surface area contributed by atoms with Crippen molar-refractivity contribution in [2.75, 3.05) is 0 Å². The van der Waals surface area contributed by atoms with Crippen LogP contribution in [0.25, 0.3) is 0 Å². The van der Waals surface area contributed by atoms with Crippen molar-refractivity contribution in [3.63, 3.8) is 0 Å². The molecule has 1 aliphatic carbocycles. The van der Waals surface area contributed by atoms with Gasteiger partial charge in [0.05, 0.1) is 0 Å². The molecule has 0 saturated carbocycles. The molecule has 0 fully saturated rings. The number of hydrogen-bond acceptors (Lipinski definition) is 1. The Bertz CT molecular complexity index is 292. The van der Waals surface area contributed by atoms with Gasteiger partial charge < -0.3 is 0 Å². The van der Waals surface area contributed by atoms with Crippen molar-refractivity contribution in [1.29, 1.82) is 0 Å². The summed E-state index contributed by atoms with van der Waals surface area (Å²) in [7, 11) is 0. The summed E-state index contributed by atoms with van der Waals surface area (Å²) in [5.74, 6) is 0.220. The number of allylic oxidation sites excluding steroid dienone is 6. The highest BCUT2D eigenvalue weighted by molar-refractivity contribution is 5.92. The molecule has 0 saturated heterocycles. The lowest BCUT2D eigenvalue weighted by Gasteiger charge is -2.12. The fourth-order valence-corrected chi connectivity index (χ4v) is 1.45. The van der Waals surface area contributed by atoms with Gasteiger partial charge in [-0.2, -0.15) is 0 Å². The SMILES string of the molecule is C=C/C=C(\C=C)C1=CC(=O)CCC1.CC. The van der Waals surface area contributed by atoms with Gasteiger partial charge in [0.25, 0.3) is 0 Å². The van der Waals surface area contributed by atoms with Crippen molar-refractivity contribution in [3.05, 3.63) is 48.6 Å². The van der Waals surface area contributed by atoms with Crippen molar-refractivity contribution in [2.45, 2.75) is 33.1 Å². The summed E-state index contributed by atoms with van der Waals surface area (Å²) >= 11 is 0. The second-order valence-corrected chi connectivity index (χ2v) is 3.05. The minimum absolute atomic E-state index is 0.220. The van der Waals surface area contributed by atoms with E-state index < -0.39 is 0 Å². The Hall–Kier alpha value is -1.37. The third kappa shape index (κ3) is 4.59. The van der Waals surface area contributed by atoms with Gasteiger partial charge >= 0.3 is 0 Å². The van der Waals surface area contributed by atoms with E-state index in [9.17, 15) is 4.79 Å². The van der Waals surface area contributed by atoms with Crippen LogP contribution < -0.4 is 0 Å². The second kappa shape index (κ2) is 7.98. The van der Waals surface area contributed by atoms with Gasteiger partial charge in [-0.25, -0.2) is 0 Å². The maximum absolute atomic E-state index is 11.1. The molecule has 0 aliphatic heterocycles. The van der Waals surface area contributed by atoms with Gasteiger partial charge in [0, 0.05) is 6.42 Å². The molecule has 0 unspecified atom stereocenters. The highest BCUT2D eigenvalue weighted by Gasteiger charge is 2.10. The average molecular weight is 204 g/mol. The lowest BCUT2D eigenvalue weighted by molar-refractivity contribution is -0.115. The number of ketones is 1. The molecule has 0 N–H and O–H groups in total. The van der Waals surface area contributed by atoms with Crippen LogP contribution in [0, 0.1) is 0 Å². The minimum Gasteiger partial charge on any atom is -0.295 e. The Morgan fingerprint density at radius 2 is 2.00 bits per heavy atom. The molecule has 0 aromatic heterocycles. The molecule has 0 spiro atoms. The second-order valence-electron chi connectivity index (χ2n) is 3.05. The highest BCUT2D eigenvalue weighted by Crippen LogP contribution is 2.22. The zero-order valence-electron chi connectivity index (χ0n) is 9.75. The normalized spacial score (nSPS) is 16.0. The summed E-state index contributed by atoms with van der Waals surface area (Å²) in [6.07, 6.45) is 9.70. The first-order valence-corrected chi connectivity index (χ1v) is 5.47. The summed E-state index contributed by atoms with van der Waals surface area (Å²) in [5.41, 5.74) is 2.11. The minimum atomic E-state index is 0.220. The predicted octanol–water partition coefficient (Wildman–Crippen LogP) is 3.99. The van der Waals surface area contributed by atoms with E-state index >= 15 is 0 Å². The fourth-order valence-electron chi connectivity index (χ4n) is 1.45. The molecule has 1 heteroatoms. The molecule has 0 atom stereocenters. The number of hydrogen-bond donors (Lipinski definition) is 0. The van der Waals surface area contributed by atoms with Crippen molar-refractivity contribution >= 4 is 5.78 Å². The molecular weight excluding hydrogens is 184 g/mol. The molecule has 1 rings (SSSR count). The van der Waals surface area contributed by atoms with E-state index in [4.69, 9.17) is 0 Å². The fraction of sp³-hybridized carbons (Fsp3) is 0.357. The van der Waals surface area contributed by atoms with Gasteiger partial charge in [-0.1, -0.05) is 45.2 Å². The number of carbonyl (C=O) groups excluding carboxylic acids is 1. The Labute approximate surface area is 92.9 Å². The summed E-state index contributed by atoms with van der Waals surface area (Å²) in [4.78, 5) is 11.1. The molecule has 0 amide bonds. The van der Waals surface area contributed by atoms with E-state index in [2.05, 4.69) is 13.2 Å². The highest BCUT2D eigenvalue weighted by atomic mass is 16.1. The molecule has 0 radical (unpaired) electrons. The predicted molar refractivity (Wildman–Crippen MR) is 66.8 cm³/mol. The summed E-state index contributed by atoms with van der Waals surface area (Å²) in [6, 6.07) is 0. The molecule has 1 nitrogen and oxygen atoms in total. The molecule has 0 aromatic rings. The van der Waals surface area contributed by atoms with Crippen molar-refractivity contribution in [1.82, 2.24) is 0 Å². The van der Waals surface area contributed by atoms with Crippen LogP contribution in [0.15, 0.2) is 48.6 Å². The van der Waals surface area contributed by atoms with Crippen molar-refractivity contribution in [3.8, 4) is 0 Å². The Morgan fingerprint density at radius 3 is 2.47 bits per heavy atom. The van der Waals surface area contributed by atoms with E-state index in [1.54, 1.807) is 18.2 Å². The first-order chi connectivity index (χ1) is 7.27. The first-order valence-electron chi connectivity index (χ1n) is 5.47. The third-order valence-corrected chi connectivity index (χ3v) is 2.09. The van der Waals surface area contributed by atoms with E-state index in [0.717, 1.165) is 24.0 Å². The van der Waals surface area contributed by atoms with Crippen LogP contribution in [0.5, 0.6) is 0 Å². The van der Waals surface area contributed by atoms with Crippen LogP contribution in [0.4, 0.5) is 0 Å². The van der Waals surface area contributed by atoms with Gasteiger partial charge in [-0.3, -0.25) is 4.79 Å². The van der Waals surface area contributed by atoms with Crippen molar-refractivity contribution < 1.29 is 4.79 Å². The van der Waals surface area contributed by atoms with Crippen LogP contribution in [-0.4, -0.2) is 5.78 Å². The smallest absolute Gasteiger partial charge is 0.155 e. The van der Waals surface area contributed by atoms with Gasteiger partial charge in [0.1, 0.15) is 0 Å². The molecule has 0 heterocycles. The molecule has 0 aromatic carbocycles. The summed E-state index contributed by atoms with van der Waals surface area (Å²) < 4.78 is 0. The molecule has 82 valence electrons. The molecule has 15 heavy (non-hydrogen) atoms. The zero-order valence-corrected chi connectivity index (χ0v) is 9.75. The van der Waals surface area contributed by atoms with Crippen molar-refractivity contribution in [2.24, 2.45) is 0 Å². The number of rotatable bonds is 3. The standard InChI is InChI=1S/C12H14O.C2H6/c1-3-6-10(4-2)11-7-5-8-12(13)9-11;1-2/h3-4,6,9H,1-2,5,7-8H2;1-2H3/b10-6+;. The first kappa shape index (κ1) is 13.6. The Kier molecular flexibility index (Phi) is 7.25. The maximum Gasteiger partial charge on any atom is 0.155 e. The average Bonchev–Trinajstić information content (AvgIpc) is 2.28. The number of carbonyl (C=O) groups is 1. The van der Waals surface area contributed by atoms with Crippen LogP contribution in [0.1, 0.15) is 33.1 Å². The molecule has 0 bridgehead atoms. The lowest BCUT2D eigenvalue weighted by Crippen LogP contribution is -2.03. The van der Waals surface area contributed by atoms with Crippen LogP contribution in [0.2, 0.25) is 0 Å². The largest absolute Gasteiger partial charge is 0.295 e. The van der Waals surface area contributed by atoms with Crippen LogP contribution in [0.3, 0.4) is 0 Å². The maximum atomic E-state index is 11.1. The van der Waals surface area contributed by atoms with Crippen LogP contribution >= 0.6 is 0 Å². The van der Waals surface area contributed by atoms with Gasteiger partial charge in [-0.05, 0) is 30.1 Å². The lowest BCUT2D eigenvalue weighted by atomic mass is 9.92. The molecule has 1 aliphatic rings. The zero-order chi connectivity index (χ0) is 11.7. The Morgan fingerprint density at radius 1 is 1.33 bits per heavy atom. The van der Waals surface area contributed by atoms with Gasteiger partial charge in [-0.15, -0.1) is 0 Å². The van der Waals surface area contributed by atoms with E-state index in [0.29, 0.717) is 6.42 Å². The van der Waals surface area contributed by atoms with E-state index in [1.165, 1.54) is 0 Å². The topological polar surface area (TPSA) is 17.1 Å². The van der Waals surface area contributed by atoms with Gasteiger partial charge in [0.15, 0.2) is 5.78 Å². The quantitative estimate of drug-likeness (QED) is 0.635. The molecular formula is C14H20O. The third-order valence-electron chi connectivity index (χ3n) is 2.09. The summed E-state index contributed by atoms with van der Waals surface area (Å²) in [5, 5.41) is 0. The van der Waals surface area contributed by atoms with Crippen LogP contribution in [-0.2, 0) is 4.79 Å². The van der Waals surface area contributed by atoms with Gasteiger partial charge in [0.2, 0.25) is 0 Å². The Balaban J connectivity index is 0.000000921. The van der Waals surface area contributed by atoms with E-state index in [1.807, 2.05) is 19.9 Å². The van der Waals surface area contributed by atoms with E-state index in [-0.39, 0.29) is 5.78 Å². The summed E-state index contributed by atoms with van der Waals surface area (Å²) in [6.45, 7) is 11.3.